The molecule has 2 rings (SSSR count). The summed E-state index contributed by atoms with van der Waals surface area (Å²) in [4.78, 5) is 24.5. The zero-order chi connectivity index (χ0) is 13.1. The van der Waals surface area contributed by atoms with Gasteiger partial charge in [0.15, 0.2) is 0 Å². The van der Waals surface area contributed by atoms with E-state index in [4.69, 9.17) is 0 Å². The lowest BCUT2D eigenvalue weighted by Crippen LogP contribution is -2.20. The van der Waals surface area contributed by atoms with Crippen LogP contribution in [0.3, 0.4) is 0 Å². The van der Waals surface area contributed by atoms with Crippen molar-refractivity contribution in [2.75, 3.05) is 19.1 Å². The second-order valence-corrected chi connectivity index (χ2v) is 3.84. The Morgan fingerprint density at radius 1 is 1.33 bits per heavy atom. The number of anilines is 1. The highest BCUT2D eigenvalue weighted by Gasteiger charge is 2.28. The van der Waals surface area contributed by atoms with Crippen LogP contribution in [0.4, 0.5) is 5.69 Å². The predicted octanol–water partition coefficient (Wildman–Crippen LogP) is 1.78. The van der Waals surface area contributed by atoms with Gasteiger partial charge in [-0.1, -0.05) is 24.3 Å². The van der Waals surface area contributed by atoms with Crippen LogP contribution in [0.25, 0.3) is 5.57 Å². The lowest BCUT2D eigenvalue weighted by molar-refractivity contribution is -0.134. The molecular weight excluding hydrogens is 230 g/mol. The number of carbonyl (C=O) groups excluding carboxylic acids is 2. The molecule has 92 valence electrons. The SMILES string of the molecule is COC(=O)/C=C/C=C1\C(=O)N(C)c2ccccc21. The number of fused-ring (bicyclic) bond motifs is 1. The molecule has 0 aliphatic carbocycles. The Balaban J connectivity index is 2.35. The van der Waals surface area contributed by atoms with E-state index in [1.165, 1.54) is 19.3 Å². The van der Waals surface area contributed by atoms with Gasteiger partial charge in [-0.25, -0.2) is 4.79 Å². The highest BCUT2D eigenvalue weighted by atomic mass is 16.5. The van der Waals surface area contributed by atoms with Crippen molar-refractivity contribution in [2.24, 2.45) is 0 Å². The van der Waals surface area contributed by atoms with E-state index in [0.29, 0.717) is 5.57 Å². The van der Waals surface area contributed by atoms with Gasteiger partial charge in [-0.15, -0.1) is 0 Å². The molecule has 0 N–H and O–H groups in total. The quantitative estimate of drug-likeness (QED) is 0.587. The van der Waals surface area contributed by atoms with Crippen LogP contribution in [0.2, 0.25) is 0 Å². The lowest BCUT2D eigenvalue weighted by atomic mass is 10.1. The molecule has 0 saturated heterocycles. The van der Waals surface area contributed by atoms with E-state index in [-0.39, 0.29) is 5.91 Å². The Kier molecular flexibility index (Phi) is 3.28. The van der Waals surface area contributed by atoms with Gasteiger partial charge in [-0.3, -0.25) is 4.79 Å². The van der Waals surface area contributed by atoms with Crippen LogP contribution in [-0.4, -0.2) is 26.0 Å². The van der Waals surface area contributed by atoms with Crippen LogP contribution >= 0.6 is 0 Å². The molecule has 1 aliphatic rings. The maximum Gasteiger partial charge on any atom is 0.330 e. The molecule has 0 aromatic heterocycles. The summed E-state index contributed by atoms with van der Waals surface area (Å²) in [6, 6.07) is 7.53. The molecule has 0 saturated carbocycles. The van der Waals surface area contributed by atoms with Gasteiger partial charge < -0.3 is 9.64 Å². The number of methoxy groups -OCH3 is 1. The molecule has 1 aromatic carbocycles. The smallest absolute Gasteiger partial charge is 0.330 e. The third kappa shape index (κ3) is 2.05. The summed E-state index contributed by atoms with van der Waals surface area (Å²) in [7, 11) is 3.04. The topological polar surface area (TPSA) is 46.6 Å². The first-order valence-corrected chi connectivity index (χ1v) is 5.49. The molecule has 0 radical (unpaired) electrons. The molecule has 18 heavy (non-hydrogen) atoms. The van der Waals surface area contributed by atoms with Gasteiger partial charge in [-0.2, -0.15) is 0 Å². The summed E-state index contributed by atoms with van der Waals surface area (Å²) in [6.07, 6.45) is 4.43. The van der Waals surface area contributed by atoms with Crippen molar-refractivity contribution in [3.05, 3.63) is 48.1 Å². The maximum absolute atomic E-state index is 12.0. The number of amides is 1. The highest BCUT2D eigenvalue weighted by molar-refractivity contribution is 6.32. The molecule has 4 nitrogen and oxygen atoms in total. The van der Waals surface area contributed by atoms with Crippen LogP contribution < -0.4 is 4.90 Å². The molecule has 4 heteroatoms. The maximum atomic E-state index is 12.0. The van der Waals surface area contributed by atoms with Crippen LogP contribution in [0.5, 0.6) is 0 Å². The normalized spacial score (nSPS) is 16.4. The Morgan fingerprint density at radius 2 is 2.06 bits per heavy atom. The first-order chi connectivity index (χ1) is 8.65. The molecular formula is C14H13NO3. The number of benzene rings is 1. The minimum Gasteiger partial charge on any atom is -0.466 e. The number of hydrogen-bond donors (Lipinski definition) is 0. The van der Waals surface area contributed by atoms with Crippen molar-refractivity contribution in [1.82, 2.24) is 0 Å². The largest absolute Gasteiger partial charge is 0.466 e. The number of rotatable bonds is 2. The van der Waals surface area contributed by atoms with Crippen molar-refractivity contribution in [1.29, 1.82) is 0 Å². The first kappa shape index (κ1) is 12.1. The van der Waals surface area contributed by atoms with Crippen molar-refractivity contribution in [3.63, 3.8) is 0 Å². The van der Waals surface area contributed by atoms with E-state index in [9.17, 15) is 9.59 Å². The second kappa shape index (κ2) is 4.87. The molecule has 0 atom stereocenters. The molecule has 0 unspecified atom stereocenters. The fraction of sp³-hybridized carbons (Fsp3) is 0.143. The number of ether oxygens (including phenoxy) is 1. The number of para-hydroxylation sites is 1. The van der Waals surface area contributed by atoms with Crippen LogP contribution in [0.1, 0.15) is 5.56 Å². The predicted molar refractivity (Wildman–Crippen MR) is 69.0 cm³/mol. The molecule has 1 aliphatic heterocycles. The molecule has 0 spiro atoms. The fourth-order valence-corrected chi connectivity index (χ4v) is 1.85. The van der Waals surface area contributed by atoms with Crippen molar-refractivity contribution < 1.29 is 14.3 Å². The monoisotopic (exact) mass is 243 g/mol. The van der Waals surface area contributed by atoms with Crippen LogP contribution in [0.15, 0.2) is 42.5 Å². The van der Waals surface area contributed by atoms with Crippen molar-refractivity contribution >= 4 is 23.1 Å². The van der Waals surface area contributed by atoms with Gasteiger partial charge in [-0.05, 0) is 12.1 Å². The lowest BCUT2D eigenvalue weighted by Gasteiger charge is -2.07. The van der Waals surface area contributed by atoms with E-state index in [1.54, 1.807) is 18.0 Å². The average Bonchev–Trinajstić information content (AvgIpc) is 2.64. The molecule has 1 amide bonds. The van der Waals surface area contributed by atoms with Crippen LogP contribution in [-0.2, 0) is 14.3 Å². The average molecular weight is 243 g/mol. The third-order valence-corrected chi connectivity index (χ3v) is 2.79. The standard InChI is InChI=1S/C14H13NO3/c1-15-12-8-4-3-6-10(12)11(14(15)17)7-5-9-13(16)18-2/h3-9H,1-2H3/b9-5+,11-7-. The zero-order valence-corrected chi connectivity index (χ0v) is 10.2. The summed E-state index contributed by atoms with van der Waals surface area (Å²) < 4.78 is 4.48. The van der Waals surface area contributed by atoms with Crippen molar-refractivity contribution in [3.8, 4) is 0 Å². The minimum atomic E-state index is -0.445. The molecule has 0 fully saturated rings. The number of esters is 1. The summed E-state index contributed by atoms with van der Waals surface area (Å²) >= 11 is 0. The Labute approximate surface area is 105 Å². The summed E-state index contributed by atoms with van der Waals surface area (Å²) in [5.74, 6) is -0.523. The number of likely N-dealkylation sites (N-methyl/N-ethyl adjacent to an activating group) is 1. The van der Waals surface area contributed by atoms with E-state index in [2.05, 4.69) is 4.74 Å². The molecule has 1 heterocycles. The Bertz CT molecular complexity index is 558. The number of allylic oxidation sites excluding steroid dienone is 2. The molecule has 1 aromatic rings. The Morgan fingerprint density at radius 3 is 2.78 bits per heavy atom. The minimum absolute atomic E-state index is 0.0780. The Hall–Kier alpha value is -2.36. The third-order valence-electron chi connectivity index (χ3n) is 2.79. The fourth-order valence-electron chi connectivity index (χ4n) is 1.85. The van der Waals surface area contributed by atoms with E-state index < -0.39 is 5.97 Å². The highest BCUT2D eigenvalue weighted by Crippen LogP contribution is 2.35. The zero-order valence-electron chi connectivity index (χ0n) is 10.2. The number of hydrogen-bond acceptors (Lipinski definition) is 3. The van der Waals surface area contributed by atoms with Crippen LogP contribution in [0, 0.1) is 0 Å². The number of nitrogens with zero attached hydrogens (tertiary/aromatic N) is 1. The van der Waals surface area contributed by atoms with E-state index in [1.807, 2.05) is 24.3 Å². The van der Waals surface area contributed by atoms with Gasteiger partial charge >= 0.3 is 5.97 Å². The number of carbonyl (C=O) groups is 2. The summed E-state index contributed by atoms with van der Waals surface area (Å²) in [5.41, 5.74) is 2.33. The van der Waals surface area contributed by atoms with Gasteiger partial charge in [0, 0.05) is 24.3 Å². The summed E-state index contributed by atoms with van der Waals surface area (Å²) in [6.45, 7) is 0. The van der Waals surface area contributed by atoms with Gasteiger partial charge in [0.05, 0.1) is 12.8 Å². The summed E-state index contributed by atoms with van der Waals surface area (Å²) in [5, 5.41) is 0. The van der Waals surface area contributed by atoms with Gasteiger partial charge in [0.25, 0.3) is 5.91 Å². The van der Waals surface area contributed by atoms with Crippen molar-refractivity contribution in [2.45, 2.75) is 0 Å². The van der Waals surface area contributed by atoms with Gasteiger partial charge in [0.2, 0.25) is 0 Å². The van der Waals surface area contributed by atoms with Gasteiger partial charge in [0.1, 0.15) is 0 Å². The molecule has 0 bridgehead atoms. The first-order valence-electron chi connectivity index (χ1n) is 5.49. The second-order valence-electron chi connectivity index (χ2n) is 3.84. The van der Waals surface area contributed by atoms with E-state index in [0.717, 1.165) is 11.3 Å². The van der Waals surface area contributed by atoms with E-state index >= 15 is 0 Å².